The summed E-state index contributed by atoms with van der Waals surface area (Å²) in [6.07, 6.45) is 2.28. The SMILES string of the molecule is O=C(O)CC(NCC1CCOCC1)c1cccs1. The molecule has 100 valence electrons. The predicted molar refractivity (Wildman–Crippen MR) is 70.9 cm³/mol. The van der Waals surface area contributed by atoms with Gasteiger partial charge in [-0.2, -0.15) is 0 Å². The third-order valence-corrected chi connectivity index (χ3v) is 4.25. The Morgan fingerprint density at radius 3 is 2.94 bits per heavy atom. The molecule has 1 unspecified atom stereocenters. The Morgan fingerprint density at radius 2 is 2.33 bits per heavy atom. The van der Waals surface area contributed by atoms with Crippen LogP contribution in [-0.2, 0) is 9.53 Å². The zero-order valence-corrected chi connectivity index (χ0v) is 11.1. The molecule has 0 aliphatic carbocycles. The average Bonchev–Trinajstić information content (AvgIpc) is 2.89. The van der Waals surface area contributed by atoms with Crippen molar-refractivity contribution in [3.8, 4) is 0 Å². The zero-order chi connectivity index (χ0) is 12.8. The fourth-order valence-corrected chi connectivity index (χ4v) is 3.00. The molecule has 0 bridgehead atoms. The molecule has 0 aromatic carbocycles. The highest BCUT2D eigenvalue weighted by molar-refractivity contribution is 7.10. The Bertz CT molecular complexity index is 360. The number of carboxylic acid groups (broad SMARTS) is 1. The van der Waals surface area contributed by atoms with E-state index >= 15 is 0 Å². The predicted octanol–water partition coefficient (Wildman–Crippen LogP) is 2.28. The number of rotatable bonds is 6. The summed E-state index contributed by atoms with van der Waals surface area (Å²) in [7, 11) is 0. The summed E-state index contributed by atoms with van der Waals surface area (Å²) >= 11 is 1.61. The lowest BCUT2D eigenvalue weighted by Crippen LogP contribution is -2.31. The van der Waals surface area contributed by atoms with Gasteiger partial charge in [0.05, 0.1) is 12.5 Å². The highest BCUT2D eigenvalue weighted by atomic mass is 32.1. The van der Waals surface area contributed by atoms with Gasteiger partial charge in [-0.3, -0.25) is 4.79 Å². The van der Waals surface area contributed by atoms with Crippen LogP contribution in [-0.4, -0.2) is 30.8 Å². The van der Waals surface area contributed by atoms with Crippen molar-refractivity contribution < 1.29 is 14.6 Å². The first kappa shape index (κ1) is 13.5. The molecule has 1 saturated heterocycles. The minimum Gasteiger partial charge on any atom is -0.481 e. The topological polar surface area (TPSA) is 58.6 Å². The number of ether oxygens (including phenoxy) is 1. The second-order valence-corrected chi connectivity index (χ2v) is 5.61. The zero-order valence-electron chi connectivity index (χ0n) is 10.3. The van der Waals surface area contributed by atoms with Crippen LogP contribution in [0.15, 0.2) is 17.5 Å². The van der Waals surface area contributed by atoms with E-state index in [1.165, 1.54) is 0 Å². The summed E-state index contributed by atoms with van der Waals surface area (Å²) in [6, 6.07) is 3.89. The molecule has 1 aliphatic rings. The van der Waals surface area contributed by atoms with E-state index in [2.05, 4.69) is 5.32 Å². The van der Waals surface area contributed by atoms with Crippen LogP contribution < -0.4 is 5.32 Å². The average molecular weight is 269 g/mol. The Balaban J connectivity index is 1.86. The Hall–Kier alpha value is -0.910. The summed E-state index contributed by atoms with van der Waals surface area (Å²) in [4.78, 5) is 12.0. The quantitative estimate of drug-likeness (QED) is 0.832. The number of nitrogens with one attached hydrogen (secondary N) is 1. The van der Waals surface area contributed by atoms with E-state index in [0.717, 1.165) is 37.5 Å². The number of carboxylic acids is 1. The molecule has 2 rings (SSSR count). The lowest BCUT2D eigenvalue weighted by Gasteiger charge is -2.24. The minimum absolute atomic E-state index is 0.0645. The largest absolute Gasteiger partial charge is 0.481 e. The Kier molecular flexibility index (Phi) is 5.16. The minimum atomic E-state index is -0.757. The molecule has 0 saturated carbocycles. The van der Waals surface area contributed by atoms with Crippen LogP contribution in [0.2, 0.25) is 0 Å². The highest BCUT2D eigenvalue weighted by Crippen LogP contribution is 2.23. The van der Waals surface area contributed by atoms with Crippen LogP contribution in [0.3, 0.4) is 0 Å². The van der Waals surface area contributed by atoms with Gasteiger partial charge < -0.3 is 15.2 Å². The summed E-state index contributed by atoms with van der Waals surface area (Å²) in [5.74, 6) is -0.150. The lowest BCUT2D eigenvalue weighted by molar-refractivity contribution is -0.137. The van der Waals surface area contributed by atoms with E-state index in [1.807, 2.05) is 17.5 Å². The van der Waals surface area contributed by atoms with E-state index in [-0.39, 0.29) is 12.5 Å². The van der Waals surface area contributed by atoms with Crippen LogP contribution in [0.4, 0.5) is 0 Å². The fraction of sp³-hybridized carbons (Fsp3) is 0.615. The van der Waals surface area contributed by atoms with Gasteiger partial charge >= 0.3 is 5.97 Å². The fourth-order valence-electron chi connectivity index (χ4n) is 2.20. The molecule has 1 atom stereocenters. The maximum absolute atomic E-state index is 10.9. The summed E-state index contributed by atoms with van der Waals surface area (Å²) in [6.45, 7) is 2.53. The molecule has 0 amide bonds. The van der Waals surface area contributed by atoms with Crippen LogP contribution in [0.25, 0.3) is 0 Å². The summed E-state index contributed by atoms with van der Waals surface area (Å²) < 4.78 is 5.32. The van der Waals surface area contributed by atoms with E-state index in [1.54, 1.807) is 11.3 Å². The molecular formula is C13H19NO3S. The van der Waals surface area contributed by atoms with E-state index in [0.29, 0.717) is 5.92 Å². The van der Waals surface area contributed by atoms with Gasteiger partial charge in [0.15, 0.2) is 0 Å². The van der Waals surface area contributed by atoms with Gasteiger partial charge in [-0.1, -0.05) is 6.07 Å². The van der Waals surface area contributed by atoms with Crippen LogP contribution in [0.5, 0.6) is 0 Å². The summed E-state index contributed by atoms with van der Waals surface area (Å²) in [5, 5.41) is 14.3. The van der Waals surface area contributed by atoms with Crippen molar-refractivity contribution >= 4 is 17.3 Å². The molecule has 1 aromatic heterocycles. The van der Waals surface area contributed by atoms with Gasteiger partial charge in [0.1, 0.15) is 0 Å². The number of hydrogen-bond donors (Lipinski definition) is 2. The van der Waals surface area contributed by atoms with E-state index in [9.17, 15) is 4.79 Å². The smallest absolute Gasteiger partial charge is 0.305 e. The monoisotopic (exact) mass is 269 g/mol. The van der Waals surface area contributed by atoms with Crippen LogP contribution in [0.1, 0.15) is 30.2 Å². The van der Waals surface area contributed by atoms with Gasteiger partial charge in [0.25, 0.3) is 0 Å². The molecule has 4 nitrogen and oxygen atoms in total. The van der Waals surface area contributed by atoms with E-state index < -0.39 is 5.97 Å². The van der Waals surface area contributed by atoms with Crippen LogP contribution >= 0.6 is 11.3 Å². The van der Waals surface area contributed by atoms with Gasteiger partial charge in [-0.25, -0.2) is 0 Å². The molecule has 1 aromatic rings. The third kappa shape index (κ3) is 4.08. The molecule has 1 aliphatic heterocycles. The maximum atomic E-state index is 10.9. The van der Waals surface area contributed by atoms with E-state index in [4.69, 9.17) is 9.84 Å². The first-order chi connectivity index (χ1) is 8.75. The van der Waals surface area contributed by atoms with Crippen molar-refractivity contribution in [2.24, 2.45) is 5.92 Å². The van der Waals surface area contributed by atoms with Gasteiger partial charge in [0, 0.05) is 18.1 Å². The highest BCUT2D eigenvalue weighted by Gasteiger charge is 2.19. The molecule has 5 heteroatoms. The van der Waals surface area contributed by atoms with Crippen molar-refractivity contribution in [2.75, 3.05) is 19.8 Å². The number of carbonyl (C=O) groups is 1. The molecule has 18 heavy (non-hydrogen) atoms. The second kappa shape index (κ2) is 6.87. The Labute approximate surface area is 111 Å². The molecule has 2 N–H and O–H groups in total. The first-order valence-electron chi connectivity index (χ1n) is 6.32. The van der Waals surface area contributed by atoms with Crippen molar-refractivity contribution in [3.63, 3.8) is 0 Å². The number of aliphatic carboxylic acids is 1. The molecule has 1 fully saturated rings. The number of hydrogen-bond acceptors (Lipinski definition) is 4. The van der Waals surface area contributed by atoms with Crippen molar-refractivity contribution in [1.82, 2.24) is 5.32 Å². The summed E-state index contributed by atoms with van der Waals surface area (Å²) in [5.41, 5.74) is 0. The molecule has 0 radical (unpaired) electrons. The molecule has 2 heterocycles. The maximum Gasteiger partial charge on any atom is 0.305 e. The van der Waals surface area contributed by atoms with Crippen LogP contribution in [0, 0.1) is 5.92 Å². The van der Waals surface area contributed by atoms with Gasteiger partial charge in [-0.05, 0) is 36.8 Å². The van der Waals surface area contributed by atoms with Gasteiger partial charge in [0.2, 0.25) is 0 Å². The molecular weight excluding hydrogens is 250 g/mol. The van der Waals surface area contributed by atoms with Gasteiger partial charge in [-0.15, -0.1) is 11.3 Å². The standard InChI is InChI=1S/C13H19NO3S/c15-13(16)8-11(12-2-1-7-18-12)14-9-10-3-5-17-6-4-10/h1-2,7,10-11,14H,3-6,8-9H2,(H,15,16). The van der Waals surface area contributed by atoms with Crippen molar-refractivity contribution in [2.45, 2.75) is 25.3 Å². The second-order valence-electron chi connectivity index (χ2n) is 4.63. The van der Waals surface area contributed by atoms with Crippen molar-refractivity contribution in [1.29, 1.82) is 0 Å². The normalized spacial score (nSPS) is 18.7. The van der Waals surface area contributed by atoms with Crippen molar-refractivity contribution in [3.05, 3.63) is 22.4 Å². The third-order valence-electron chi connectivity index (χ3n) is 3.26. The number of thiophene rings is 1. The lowest BCUT2D eigenvalue weighted by atomic mass is 9.99. The molecule has 0 spiro atoms. The first-order valence-corrected chi connectivity index (χ1v) is 7.20. The Morgan fingerprint density at radius 1 is 1.56 bits per heavy atom.